The van der Waals surface area contributed by atoms with Crippen LogP contribution in [0.15, 0.2) is 24.3 Å². The zero-order valence-corrected chi connectivity index (χ0v) is 12.6. The maximum atomic E-state index is 10.8. The minimum absolute atomic E-state index is 0.572. The fraction of sp³-hybridized carbons (Fsp3) is 0.533. The predicted octanol–water partition coefficient (Wildman–Crippen LogP) is 4.29. The van der Waals surface area contributed by atoms with Crippen molar-refractivity contribution in [1.29, 1.82) is 0 Å². The Labute approximate surface area is 111 Å². The minimum Gasteiger partial charge on any atom is -0.478 e. The number of hydrogen-bond acceptors (Lipinski definition) is 2. The molecule has 1 rings (SSSR count). The molecule has 0 saturated heterocycles. The Bertz CT molecular complexity index is 326. The van der Waals surface area contributed by atoms with Crippen LogP contribution < -0.4 is 4.74 Å². The van der Waals surface area contributed by atoms with Crippen molar-refractivity contribution in [3.05, 3.63) is 29.8 Å². The van der Waals surface area contributed by atoms with Crippen molar-refractivity contribution in [2.45, 2.75) is 54.1 Å². The van der Waals surface area contributed by atoms with E-state index in [1.165, 1.54) is 13.8 Å². The lowest BCUT2D eigenvalue weighted by Gasteiger charge is -2.21. The first-order valence-corrected chi connectivity index (χ1v) is 6.41. The van der Waals surface area contributed by atoms with Crippen LogP contribution >= 0.6 is 0 Å². The summed E-state index contributed by atoms with van der Waals surface area (Å²) >= 11 is 0. The Hall–Kier alpha value is -1.51. The molecule has 1 aromatic carbocycles. The molecule has 0 saturated carbocycles. The Morgan fingerprint density at radius 1 is 1.06 bits per heavy atom. The highest BCUT2D eigenvalue weighted by Gasteiger charge is 2.29. The van der Waals surface area contributed by atoms with Gasteiger partial charge in [0.25, 0.3) is 0 Å². The molecule has 0 heterocycles. The fourth-order valence-corrected chi connectivity index (χ4v) is 0.945. The van der Waals surface area contributed by atoms with Crippen LogP contribution in [0, 0.1) is 6.92 Å². The second kappa shape index (κ2) is 9.51. The number of carboxylic acids is 1. The molecule has 104 valence electrons. The van der Waals surface area contributed by atoms with Crippen LogP contribution in [0.5, 0.6) is 5.75 Å². The Morgan fingerprint density at radius 3 is 1.78 bits per heavy atom. The quantitative estimate of drug-likeness (QED) is 0.875. The van der Waals surface area contributed by atoms with Crippen molar-refractivity contribution < 1.29 is 14.6 Å². The molecule has 0 bridgehead atoms. The lowest BCUT2D eigenvalue weighted by molar-refractivity contribution is -0.152. The molecule has 3 nitrogen and oxygen atoms in total. The van der Waals surface area contributed by atoms with E-state index in [4.69, 9.17) is 9.84 Å². The van der Waals surface area contributed by atoms with Crippen molar-refractivity contribution in [3.63, 3.8) is 0 Å². The number of ether oxygens (including phenoxy) is 1. The number of carbonyl (C=O) groups is 1. The summed E-state index contributed by atoms with van der Waals surface area (Å²) in [5.41, 5.74) is -0.0691. The number of hydrogen-bond donors (Lipinski definition) is 1. The van der Waals surface area contributed by atoms with E-state index < -0.39 is 11.6 Å². The molecule has 3 heteroatoms. The number of carboxylic acid groups (broad SMARTS) is 1. The molecule has 18 heavy (non-hydrogen) atoms. The maximum Gasteiger partial charge on any atom is 0.347 e. The van der Waals surface area contributed by atoms with Gasteiger partial charge < -0.3 is 9.84 Å². The first kappa shape index (κ1) is 18.8. The smallest absolute Gasteiger partial charge is 0.347 e. The molecule has 0 unspecified atom stereocenters. The lowest BCUT2D eigenvalue weighted by atomic mass is 10.1. The van der Waals surface area contributed by atoms with Crippen molar-refractivity contribution in [2.24, 2.45) is 0 Å². The molecule has 0 fully saturated rings. The summed E-state index contributed by atoms with van der Waals surface area (Å²) in [5, 5.41) is 8.83. The molecule has 0 radical (unpaired) electrons. The molecule has 1 aromatic rings. The van der Waals surface area contributed by atoms with Crippen LogP contribution in [0.4, 0.5) is 0 Å². The Kier molecular flexibility index (Phi) is 9.96. The summed E-state index contributed by atoms with van der Waals surface area (Å²) in [6.45, 7) is 13.0. The summed E-state index contributed by atoms with van der Waals surface area (Å²) < 4.78 is 5.32. The van der Waals surface area contributed by atoms with Gasteiger partial charge in [0, 0.05) is 0 Å². The van der Waals surface area contributed by atoms with E-state index in [0.29, 0.717) is 5.75 Å². The molecule has 1 N–H and O–H groups in total. The second-order valence-corrected chi connectivity index (χ2v) is 3.73. The van der Waals surface area contributed by atoms with E-state index in [-0.39, 0.29) is 0 Å². The van der Waals surface area contributed by atoms with Crippen LogP contribution in [0.2, 0.25) is 0 Å². The molecule has 0 aliphatic rings. The van der Waals surface area contributed by atoms with Gasteiger partial charge >= 0.3 is 5.97 Å². The highest BCUT2D eigenvalue weighted by atomic mass is 16.5. The number of aryl methyl sites for hydroxylation is 1. The van der Waals surface area contributed by atoms with Crippen molar-refractivity contribution >= 4 is 5.97 Å². The summed E-state index contributed by atoms with van der Waals surface area (Å²) in [7, 11) is 0. The minimum atomic E-state index is -1.19. The van der Waals surface area contributed by atoms with Crippen molar-refractivity contribution in [2.75, 3.05) is 0 Å². The predicted molar refractivity (Wildman–Crippen MR) is 76.2 cm³/mol. The first-order valence-electron chi connectivity index (χ1n) is 6.41. The van der Waals surface area contributed by atoms with E-state index >= 15 is 0 Å². The van der Waals surface area contributed by atoms with Gasteiger partial charge in [-0.2, -0.15) is 0 Å². The van der Waals surface area contributed by atoms with Gasteiger partial charge in [0.15, 0.2) is 5.60 Å². The van der Waals surface area contributed by atoms with Gasteiger partial charge in [0.05, 0.1) is 0 Å². The first-order chi connectivity index (χ1) is 8.42. The van der Waals surface area contributed by atoms with Crippen LogP contribution in [0.25, 0.3) is 0 Å². The molecule has 0 atom stereocenters. The van der Waals surface area contributed by atoms with Gasteiger partial charge in [-0.25, -0.2) is 4.79 Å². The van der Waals surface area contributed by atoms with Gasteiger partial charge in [-0.1, -0.05) is 45.4 Å². The third-order valence-electron chi connectivity index (χ3n) is 1.91. The average Bonchev–Trinajstić information content (AvgIpc) is 2.37. The van der Waals surface area contributed by atoms with Crippen LogP contribution in [0.3, 0.4) is 0 Å². The summed E-state index contributed by atoms with van der Waals surface area (Å²) in [5.74, 6) is -0.402. The lowest BCUT2D eigenvalue weighted by Crippen LogP contribution is -2.37. The SMILES string of the molecule is CC.CC.Cc1ccc(OC(C)(C)C(=O)O)cc1. The van der Waals surface area contributed by atoms with Crippen LogP contribution in [-0.2, 0) is 4.79 Å². The zero-order valence-electron chi connectivity index (χ0n) is 12.6. The summed E-state index contributed by atoms with van der Waals surface area (Å²) in [4.78, 5) is 10.8. The molecule has 0 amide bonds. The summed E-state index contributed by atoms with van der Waals surface area (Å²) in [6.07, 6.45) is 0. The number of benzene rings is 1. The average molecular weight is 254 g/mol. The third-order valence-corrected chi connectivity index (χ3v) is 1.91. The molecule has 0 spiro atoms. The van der Waals surface area contributed by atoms with Crippen molar-refractivity contribution in [1.82, 2.24) is 0 Å². The van der Waals surface area contributed by atoms with E-state index in [2.05, 4.69) is 0 Å². The molecule has 0 aliphatic heterocycles. The highest BCUT2D eigenvalue weighted by molar-refractivity contribution is 5.76. The van der Waals surface area contributed by atoms with E-state index in [0.717, 1.165) is 5.56 Å². The Balaban J connectivity index is 0. The fourth-order valence-electron chi connectivity index (χ4n) is 0.945. The van der Waals surface area contributed by atoms with Crippen LogP contribution in [-0.4, -0.2) is 16.7 Å². The van der Waals surface area contributed by atoms with Gasteiger partial charge in [-0.3, -0.25) is 0 Å². The van der Waals surface area contributed by atoms with Crippen molar-refractivity contribution in [3.8, 4) is 5.75 Å². The summed E-state index contributed by atoms with van der Waals surface area (Å²) in [6, 6.07) is 7.29. The normalized spacial score (nSPS) is 9.28. The monoisotopic (exact) mass is 254 g/mol. The van der Waals surface area contributed by atoms with Gasteiger partial charge in [-0.05, 0) is 32.9 Å². The highest BCUT2D eigenvalue weighted by Crippen LogP contribution is 2.18. The largest absolute Gasteiger partial charge is 0.478 e. The molecule has 0 aromatic heterocycles. The van der Waals surface area contributed by atoms with E-state index in [1.807, 2.05) is 46.8 Å². The van der Waals surface area contributed by atoms with Gasteiger partial charge in [0.1, 0.15) is 5.75 Å². The standard InChI is InChI=1S/C11H14O3.2C2H6/c1-8-4-6-9(7-5-8)14-11(2,3)10(12)13;2*1-2/h4-7H,1-3H3,(H,12,13);2*1-2H3. The Morgan fingerprint density at radius 2 is 1.44 bits per heavy atom. The number of aliphatic carboxylic acids is 1. The van der Waals surface area contributed by atoms with E-state index in [9.17, 15) is 4.79 Å². The third kappa shape index (κ3) is 6.94. The number of rotatable bonds is 3. The molecular weight excluding hydrogens is 228 g/mol. The maximum absolute atomic E-state index is 10.8. The van der Waals surface area contributed by atoms with Crippen LogP contribution in [0.1, 0.15) is 47.1 Å². The zero-order chi connectivity index (χ0) is 14.8. The molecule has 0 aliphatic carbocycles. The van der Waals surface area contributed by atoms with E-state index in [1.54, 1.807) is 12.1 Å². The topological polar surface area (TPSA) is 46.5 Å². The second-order valence-electron chi connectivity index (χ2n) is 3.73. The van der Waals surface area contributed by atoms with Gasteiger partial charge in [-0.15, -0.1) is 0 Å². The molecular formula is C15H26O3. The van der Waals surface area contributed by atoms with Gasteiger partial charge in [0.2, 0.25) is 0 Å².